The second-order valence-electron chi connectivity index (χ2n) is 6.54. The first-order valence-corrected chi connectivity index (χ1v) is 8.34. The van der Waals surface area contributed by atoms with Gasteiger partial charge in [0, 0.05) is 32.7 Å². The van der Waals surface area contributed by atoms with Crippen molar-refractivity contribution < 1.29 is 14.3 Å². The molecule has 2 saturated heterocycles. The SMILES string of the molecule is Cc1ccc(CN2C[C@@H](C(=O)NC[C@H]3CCCO3)CC2=O)cc1. The summed E-state index contributed by atoms with van der Waals surface area (Å²) in [5.41, 5.74) is 2.30. The van der Waals surface area contributed by atoms with E-state index in [0.29, 0.717) is 26.1 Å². The van der Waals surface area contributed by atoms with Crippen molar-refractivity contribution in [3.05, 3.63) is 35.4 Å². The molecular formula is C18H24N2O3. The third-order valence-electron chi connectivity index (χ3n) is 4.61. The average molecular weight is 316 g/mol. The molecule has 0 aromatic heterocycles. The molecule has 2 atom stereocenters. The summed E-state index contributed by atoms with van der Waals surface area (Å²) >= 11 is 0. The molecule has 5 heteroatoms. The molecule has 0 saturated carbocycles. The van der Waals surface area contributed by atoms with E-state index in [1.54, 1.807) is 4.90 Å². The molecule has 124 valence electrons. The summed E-state index contributed by atoms with van der Waals surface area (Å²) in [7, 11) is 0. The van der Waals surface area contributed by atoms with Crippen LogP contribution in [0.1, 0.15) is 30.4 Å². The molecule has 2 amide bonds. The molecule has 0 aliphatic carbocycles. The van der Waals surface area contributed by atoms with E-state index in [9.17, 15) is 9.59 Å². The Kier molecular flexibility index (Phi) is 4.96. The number of hydrogen-bond acceptors (Lipinski definition) is 3. The zero-order chi connectivity index (χ0) is 16.2. The van der Waals surface area contributed by atoms with Gasteiger partial charge in [-0.3, -0.25) is 9.59 Å². The Morgan fingerprint density at radius 1 is 1.35 bits per heavy atom. The lowest BCUT2D eigenvalue weighted by molar-refractivity contribution is -0.129. The third kappa shape index (κ3) is 4.10. The van der Waals surface area contributed by atoms with Crippen molar-refractivity contribution in [3.63, 3.8) is 0 Å². The van der Waals surface area contributed by atoms with E-state index in [1.165, 1.54) is 5.56 Å². The van der Waals surface area contributed by atoms with Gasteiger partial charge >= 0.3 is 0 Å². The average Bonchev–Trinajstić information content (AvgIpc) is 3.18. The second kappa shape index (κ2) is 7.13. The molecule has 0 radical (unpaired) electrons. The van der Waals surface area contributed by atoms with Crippen LogP contribution in [0, 0.1) is 12.8 Å². The van der Waals surface area contributed by atoms with Crippen molar-refractivity contribution in [2.24, 2.45) is 5.92 Å². The zero-order valence-electron chi connectivity index (χ0n) is 13.6. The van der Waals surface area contributed by atoms with Crippen LogP contribution < -0.4 is 5.32 Å². The fourth-order valence-electron chi connectivity index (χ4n) is 3.18. The summed E-state index contributed by atoms with van der Waals surface area (Å²) in [5.74, 6) is -0.211. The zero-order valence-corrected chi connectivity index (χ0v) is 13.6. The number of rotatable bonds is 5. The van der Waals surface area contributed by atoms with Crippen LogP contribution in [-0.2, 0) is 20.9 Å². The van der Waals surface area contributed by atoms with Crippen LogP contribution in [0.15, 0.2) is 24.3 Å². The number of amides is 2. The van der Waals surface area contributed by atoms with Gasteiger partial charge in [-0.1, -0.05) is 29.8 Å². The van der Waals surface area contributed by atoms with Crippen molar-refractivity contribution in [1.29, 1.82) is 0 Å². The van der Waals surface area contributed by atoms with Gasteiger partial charge in [-0.2, -0.15) is 0 Å². The van der Waals surface area contributed by atoms with Crippen molar-refractivity contribution in [1.82, 2.24) is 10.2 Å². The Morgan fingerprint density at radius 3 is 2.83 bits per heavy atom. The first kappa shape index (κ1) is 16.0. The maximum absolute atomic E-state index is 12.2. The number of nitrogens with zero attached hydrogens (tertiary/aromatic N) is 1. The summed E-state index contributed by atoms with van der Waals surface area (Å²) < 4.78 is 5.50. The van der Waals surface area contributed by atoms with E-state index < -0.39 is 0 Å². The molecule has 2 aliphatic rings. The molecule has 2 aliphatic heterocycles. The topological polar surface area (TPSA) is 58.6 Å². The number of benzene rings is 1. The molecule has 0 unspecified atom stereocenters. The molecule has 1 aromatic carbocycles. The molecule has 1 aromatic rings. The van der Waals surface area contributed by atoms with Gasteiger partial charge in [-0.15, -0.1) is 0 Å². The predicted molar refractivity (Wildman–Crippen MR) is 86.7 cm³/mol. The number of aryl methyl sites for hydroxylation is 1. The molecule has 0 bridgehead atoms. The molecule has 23 heavy (non-hydrogen) atoms. The molecule has 2 fully saturated rings. The Morgan fingerprint density at radius 2 is 2.13 bits per heavy atom. The highest BCUT2D eigenvalue weighted by molar-refractivity contribution is 5.89. The number of ether oxygens (including phenoxy) is 1. The first-order chi connectivity index (χ1) is 11.1. The minimum absolute atomic E-state index is 0.0275. The number of nitrogens with one attached hydrogen (secondary N) is 1. The molecule has 2 heterocycles. The van der Waals surface area contributed by atoms with Gasteiger partial charge in [0.05, 0.1) is 12.0 Å². The lowest BCUT2D eigenvalue weighted by Gasteiger charge is -2.17. The summed E-state index contributed by atoms with van der Waals surface area (Å²) in [6.45, 7) is 4.46. The Labute approximate surface area is 137 Å². The highest BCUT2D eigenvalue weighted by Crippen LogP contribution is 2.21. The molecule has 3 rings (SSSR count). The maximum atomic E-state index is 12.2. The normalized spacial score (nSPS) is 24.2. The van der Waals surface area contributed by atoms with E-state index in [-0.39, 0.29) is 23.8 Å². The third-order valence-corrected chi connectivity index (χ3v) is 4.61. The number of carbonyl (C=O) groups is 2. The minimum atomic E-state index is -0.241. The van der Waals surface area contributed by atoms with Gasteiger partial charge in [0.2, 0.25) is 11.8 Å². The largest absolute Gasteiger partial charge is 0.376 e. The van der Waals surface area contributed by atoms with Crippen LogP contribution in [0.2, 0.25) is 0 Å². The van der Waals surface area contributed by atoms with Crippen LogP contribution in [0.5, 0.6) is 0 Å². The molecule has 0 spiro atoms. The summed E-state index contributed by atoms with van der Waals surface area (Å²) in [6, 6.07) is 8.16. The van der Waals surface area contributed by atoms with Crippen molar-refractivity contribution in [2.75, 3.05) is 19.7 Å². The van der Waals surface area contributed by atoms with Crippen LogP contribution in [0.25, 0.3) is 0 Å². The highest BCUT2D eigenvalue weighted by Gasteiger charge is 2.34. The lowest BCUT2D eigenvalue weighted by Crippen LogP contribution is -2.37. The van der Waals surface area contributed by atoms with E-state index in [4.69, 9.17) is 4.74 Å². The van der Waals surface area contributed by atoms with E-state index >= 15 is 0 Å². The van der Waals surface area contributed by atoms with E-state index in [0.717, 1.165) is 25.0 Å². The second-order valence-corrected chi connectivity index (χ2v) is 6.54. The van der Waals surface area contributed by atoms with Crippen LogP contribution in [0.3, 0.4) is 0 Å². The molecule has 1 N–H and O–H groups in total. The van der Waals surface area contributed by atoms with Gasteiger partial charge in [-0.25, -0.2) is 0 Å². The highest BCUT2D eigenvalue weighted by atomic mass is 16.5. The molecular weight excluding hydrogens is 292 g/mol. The summed E-state index contributed by atoms with van der Waals surface area (Å²) in [6.07, 6.45) is 2.51. The fourth-order valence-corrected chi connectivity index (χ4v) is 3.18. The van der Waals surface area contributed by atoms with Gasteiger partial charge in [0.1, 0.15) is 0 Å². The van der Waals surface area contributed by atoms with Gasteiger partial charge in [0.15, 0.2) is 0 Å². The Hall–Kier alpha value is -1.88. The van der Waals surface area contributed by atoms with Gasteiger partial charge in [0.25, 0.3) is 0 Å². The smallest absolute Gasteiger partial charge is 0.225 e. The standard InChI is InChI=1S/C18H24N2O3/c1-13-4-6-14(7-5-13)11-20-12-15(9-17(20)21)18(22)19-10-16-3-2-8-23-16/h4-7,15-16H,2-3,8-12H2,1H3,(H,19,22)/t15-,16+/m0/s1. The van der Waals surface area contributed by atoms with Gasteiger partial charge in [-0.05, 0) is 25.3 Å². The van der Waals surface area contributed by atoms with E-state index in [1.807, 2.05) is 31.2 Å². The van der Waals surface area contributed by atoms with Crippen LogP contribution in [0.4, 0.5) is 0 Å². The Balaban J connectivity index is 1.50. The van der Waals surface area contributed by atoms with Gasteiger partial charge < -0.3 is 15.0 Å². The summed E-state index contributed by atoms with van der Waals surface area (Å²) in [5, 5.41) is 2.94. The number of carbonyl (C=O) groups excluding carboxylic acids is 2. The molecule has 5 nitrogen and oxygen atoms in total. The quantitative estimate of drug-likeness (QED) is 0.898. The Bertz CT molecular complexity index is 564. The predicted octanol–water partition coefficient (Wildman–Crippen LogP) is 1.64. The van der Waals surface area contributed by atoms with Crippen LogP contribution in [-0.4, -0.2) is 42.5 Å². The van der Waals surface area contributed by atoms with Crippen molar-refractivity contribution in [2.45, 2.75) is 38.8 Å². The van der Waals surface area contributed by atoms with Crippen molar-refractivity contribution >= 4 is 11.8 Å². The number of hydrogen-bond donors (Lipinski definition) is 1. The fraction of sp³-hybridized carbons (Fsp3) is 0.556. The van der Waals surface area contributed by atoms with Crippen LogP contribution >= 0.6 is 0 Å². The minimum Gasteiger partial charge on any atom is -0.376 e. The van der Waals surface area contributed by atoms with Crippen molar-refractivity contribution in [3.8, 4) is 0 Å². The monoisotopic (exact) mass is 316 g/mol. The first-order valence-electron chi connectivity index (χ1n) is 8.34. The van der Waals surface area contributed by atoms with E-state index in [2.05, 4.69) is 5.32 Å². The number of likely N-dealkylation sites (tertiary alicyclic amines) is 1. The summed E-state index contributed by atoms with van der Waals surface area (Å²) in [4.78, 5) is 26.2. The maximum Gasteiger partial charge on any atom is 0.225 e. The lowest BCUT2D eigenvalue weighted by atomic mass is 10.1.